The molecule has 0 amide bonds. The zero-order chi connectivity index (χ0) is 18.5. The average Bonchev–Trinajstić information content (AvgIpc) is 2.78. The first-order chi connectivity index (χ1) is 13.9. The maximum Gasteiger partial charge on any atom is 0.0936 e. The van der Waals surface area contributed by atoms with Gasteiger partial charge in [-0.3, -0.25) is 15.0 Å². The Hall–Kier alpha value is -3.40. The van der Waals surface area contributed by atoms with E-state index < -0.39 is 0 Å². The number of pyridine rings is 4. The van der Waals surface area contributed by atoms with E-state index in [1.54, 1.807) is 0 Å². The Kier molecular flexibility index (Phi) is 3.38. The van der Waals surface area contributed by atoms with Crippen LogP contribution in [0.3, 0.4) is 0 Å². The van der Waals surface area contributed by atoms with Gasteiger partial charge in [0.1, 0.15) is 0 Å². The van der Waals surface area contributed by atoms with Crippen LogP contribution in [0.5, 0.6) is 0 Å². The van der Waals surface area contributed by atoms with Gasteiger partial charge in [0.15, 0.2) is 0 Å². The van der Waals surface area contributed by atoms with Gasteiger partial charge in [0.2, 0.25) is 0 Å². The maximum atomic E-state index is 5.16. The van der Waals surface area contributed by atoms with E-state index in [9.17, 15) is 0 Å². The molecular weight excluding hydrogens is 344 g/mol. The van der Waals surface area contributed by atoms with Crippen molar-refractivity contribution in [3.8, 4) is 34.0 Å². The molecule has 6 rings (SSSR count). The highest BCUT2D eigenvalue weighted by Gasteiger charge is 2.30. The van der Waals surface area contributed by atoms with E-state index in [4.69, 9.17) is 15.0 Å². The van der Waals surface area contributed by atoms with Crippen LogP contribution in [0.2, 0.25) is 0 Å². The van der Waals surface area contributed by atoms with Crippen LogP contribution in [0.1, 0.15) is 22.3 Å². The van der Waals surface area contributed by atoms with E-state index in [1.165, 1.54) is 27.8 Å². The molecule has 0 fully saturated rings. The lowest BCUT2D eigenvalue weighted by molar-refractivity contribution is 0.873. The van der Waals surface area contributed by atoms with Gasteiger partial charge in [0.25, 0.3) is 0 Å². The Morgan fingerprint density at radius 2 is 1.21 bits per heavy atom. The lowest BCUT2D eigenvalue weighted by atomic mass is 9.80. The van der Waals surface area contributed by atoms with Gasteiger partial charge in [-0.15, -0.1) is 0 Å². The molecule has 134 valence electrons. The second kappa shape index (κ2) is 6.06. The van der Waals surface area contributed by atoms with Crippen molar-refractivity contribution in [1.29, 1.82) is 0 Å². The van der Waals surface area contributed by atoms with Crippen LogP contribution in [0.4, 0.5) is 0 Å². The quantitative estimate of drug-likeness (QED) is 0.501. The summed E-state index contributed by atoms with van der Waals surface area (Å²) in [5.41, 5.74) is 11.4. The maximum absolute atomic E-state index is 5.16. The fraction of sp³-hybridized carbons (Fsp3) is 0.167. The summed E-state index contributed by atoms with van der Waals surface area (Å²) < 4.78 is 0. The third-order valence-corrected chi connectivity index (χ3v) is 5.84. The summed E-state index contributed by atoms with van der Waals surface area (Å²) in [5, 5.41) is 0. The minimum atomic E-state index is 0.920. The van der Waals surface area contributed by atoms with Crippen molar-refractivity contribution in [3.05, 3.63) is 83.3 Å². The molecule has 4 aromatic rings. The summed E-state index contributed by atoms with van der Waals surface area (Å²) >= 11 is 0. The zero-order valence-corrected chi connectivity index (χ0v) is 15.4. The van der Waals surface area contributed by atoms with Crippen molar-refractivity contribution in [1.82, 2.24) is 19.9 Å². The first-order valence-electron chi connectivity index (χ1n) is 9.76. The van der Waals surface area contributed by atoms with Gasteiger partial charge in [-0.25, -0.2) is 4.98 Å². The van der Waals surface area contributed by atoms with Crippen molar-refractivity contribution in [2.45, 2.75) is 25.7 Å². The lowest BCUT2D eigenvalue weighted by Crippen LogP contribution is -2.16. The molecule has 4 heterocycles. The van der Waals surface area contributed by atoms with Crippen molar-refractivity contribution in [2.75, 3.05) is 0 Å². The van der Waals surface area contributed by atoms with Gasteiger partial charge in [0.05, 0.1) is 28.5 Å². The minimum Gasteiger partial charge on any atom is -0.256 e. The van der Waals surface area contributed by atoms with Gasteiger partial charge < -0.3 is 0 Å². The van der Waals surface area contributed by atoms with Crippen LogP contribution in [-0.2, 0) is 25.7 Å². The fourth-order valence-electron chi connectivity index (χ4n) is 4.59. The van der Waals surface area contributed by atoms with Gasteiger partial charge in [-0.2, -0.15) is 0 Å². The molecule has 0 saturated heterocycles. The summed E-state index contributed by atoms with van der Waals surface area (Å²) in [6.45, 7) is 0. The third kappa shape index (κ3) is 2.24. The largest absolute Gasteiger partial charge is 0.256 e. The SMILES string of the molecule is c1ccc(-c2nc3c(c4c2CCc2cccnc2-4)CCc2cccnc2-3)nc1. The highest BCUT2D eigenvalue weighted by atomic mass is 14.8. The molecule has 0 radical (unpaired) electrons. The van der Waals surface area contributed by atoms with Crippen molar-refractivity contribution in [3.63, 3.8) is 0 Å². The Morgan fingerprint density at radius 1 is 0.536 bits per heavy atom. The lowest BCUT2D eigenvalue weighted by Gasteiger charge is -2.28. The normalized spacial score (nSPS) is 13.9. The number of hydrogen-bond acceptors (Lipinski definition) is 4. The summed E-state index contributed by atoms with van der Waals surface area (Å²) in [4.78, 5) is 19.3. The second-order valence-electron chi connectivity index (χ2n) is 7.38. The number of rotatable bonds is 1. The highest BCUT2D eigenvalue weighted by Crippen LogP contribution is 2.44. The molecule has 4 aromatic heterocycles. The Balaban J connectivity index is 1.73. The monoisotopic (exact) mass is 362 g/mol. The number of aryl methyl sites for hydroxylation is 2. The van der Waals surface area contributed by atoms with Crippen LogP contribution >= 0.6 is 0 Å². The molecule has 0 saturated carbocycles. The number of fused-ring (bicyclic) bond motifs is 7. The Bertz CT molecular complexity index is 1190. The molecule has 0 unspecified atom stereocenters. The molecule has 0 spiro atoms. The average molecular weight is 362 g/mol. The van der Waals surface area contributed by atoms with E-state index in [0.29, 0.717) is 0 Å². The van der Waals surface area contributed by atoms with Gasteiger partial charge in [0, 0.05) is 24.2 Å². The molecule has 2 aliphatic carbocycles. The molecule has 0 aromatic carbocycles. The molecule has 0 bridgehead atoms. The van der Waals surface area contributed by atoms with Crippen molar-refractivity contribution < 1.29 is 0 Å². The Labute approximate surface area is 163 Å². The minimum absolute atomic E-state index is 0.920. The molecule has 4 heteroatoms. The fourth-order valence-corrected chi connectivity index (χ4v) is 4.59. The predicted molar refractivity (Wildman–Crippen MR) is 109 cm³/mol. The van der Waals surface area contributed by atoms with Gasteiger partial charge in [-0.05, 0) is 72.2 Å². The van der Waals surface area contributed by atoms with Gasteiger partial charge in [-0.1, -0.05) is 18.2 Å². The third-order valence-electron chi connectivity index (χ3n) is 5.84. The highest BCUT2D eigenvalue weighted by molar-refractivity contribution is 5.85. The molecule has 4 nitrogen and oxygen atoms in total. The summed E-state index contributed by atoms with van der Waals surface area (Å²) in [6.07, 6.45) is 9.53. The predicted octanol–water partition coefficient (Wildman–Crippen LogP) is 4.46. The molecule has 0 atom stereocenters. The first-order valence-corrected chi connectivity index (χ1v) is 9.76. The first kappa shape index (κ1) is 15.6. The smallest absolute Gasteiger partial charge is 0.0936 e. The van der Waals surface area contributed by atoms with Crippen LogP contribution in [0.25, 0.3) is 34.0 Å². The number of aromatic nitrogens is 4. The molecule has 28 heavy (non-hydrogen) atoms. The zero-order valence-electron chi connectivity index (χ0n) is 15.4. The Morgan fingerprint density at radius 3 is 1.96 bits per heavy atom. The van der Waals surface area contributed by atoms with Crippen molar-refractivity contribution >= 4 is 0 Å². The number of nitrogens with zero attached hydrogens (tertiary/aromatic N) is 4. The molecule has 0 aliphatic heterocycles. The standard InChI is InChI=1S/C24H18N4/c1-2-12-25-19(7-1)23-17-10-8-15-5-3-13-26-21(15)20(17)18-11-9-16-6-4-14-27-22(16)24(18)28-23/h1-7,12-14H,8-11H2. The van der Waals surface area contributed by atoms with Crippen LogP contribution in [0.15, 0.2) is 61.1 Å². The van der Waals surface area contributed by atoms with Crippen LogP contribution in [0, 0.1) is 0 Å². The summed E-state index contributed by atoms with van der Waals surface area (Å²) in [5.74, 6) is 0. The van der Waals surface area contributed by atoms with E-state index in [-0.39, 0.29) is 0 Å². The molecule has 2 aliphatic rings. The van der Waals surface area contributed by atoms with Crippen molar-refractivity contribution in [2.24, 2.45) is 0 Å². The molecule has 0 N–H and O–H groups in total. The number of hydrogen-bond donors (Lipinski definition) is 0. The topological polar surface area (TPSA) is 51.6 Å². The van der Waals surface area contributed by atoms with Gasteiger partial charge >= 0.3 is 0 Å². The van der Waals surface area contributed by atoms with E-state index in [1.807, 2.05) is 48.9 Å². The van der Waals surface area contributed by atoms with E-state index >= 15 is 0 Å². The summed E-state index contributed by atoms with van der Waals surface area (Å²) in [6, 6.07) is 14.4. The van der Waals surface area contributed by atoms with E-state index in [0.717, 1.165) is 54.2 Å². The second-order valence-corrected chi connectivity index (χ2v) is 7.38. The molecular formula is C24H18N4. The van der Waals surface area contributed by atoms with Crippen LogP contribution in [-0.4, -0.2) is 19.9 Å². The van der Waals surface area contributed by atoms with Crippen LogP contribution < -0.4 is 0 Å². The summed E-state index contributed by atoms with van der Waals surface area (Å²) in [7, 11) is 0. The van der Waals surface area contributed by atoms with E-state index in [2.05, 4.69) is 17.1 Å².